The first-order valence-corrected chi connectivity index (χ1v) is 18.7. The minimum Gasteiger partial charge on any atom is -0.278 e. The third-order valence-electron chi connectivity index (χ3n) is 10.9. The lowest BCUT2D eigenvalue weighted by molar-refractivity contribution is 0.982. The molecule has 0 saturated carbocycles. The van der Waals surface area contributed by atoms with Gasteiger partial charge in [0.15, 0.2) is 0 Å². The van der Waals surface area contributed by atoms with Gasteiger partial charge >= 0.3 is 0 Å². The number of rotatable bonds is 3. The van der Waals surface area contributed by atoms with E-state index in [1.54, 1.807) is 0 Å². The normalized spacial score (nSPS) is 12.2. The largest absolute Gasteiger partial charge is 0.278 e. The summed E-state index contributed by atoms with van der Waals surface area (Å²) in [6.45, 7) is 0. The first-order chi connectivity index (χ1) is 26.3. The van der Waals surface area contributed by atoms with Gasteiger partial charge in [0.05, 0.1) is 27.6 Å². The van der Waals surface area contributed by atoms with Crippen molar-refractivity contribution in [2.24, 2.45) is 0 Å². The van der Waals surface area contributed by atoms with E-state index in [-0.39, 0.29) is 0 Å². The molecule has 0 N–H and O–H groups in total. The van der Waals surface area contributed by atoms with E-state index in [9.17, 15) is 0 Å². The molecule has 0 fully saturated rings. The van der Waals surface area contributed by atoms with Crippen molar-refractivity contribution in [2.45, 2.75) is 0 Å². The SMILES string of the molecule is c1ccc(-c2ccc3sc4ccc(-c5cc6c7ccccc7n(-c7nc8ccccc8c8nc9ccccc9n78)c6c6ccccc56)cc4c3c2)cc1. The Balaban J connectivity index is 1.17. The highest BCUT2D eigenvalue weighted by Gasteiger charge is 2.23. The summed E-state index contributed by atoms with van der Waals surface area (Å²) in [7, 11) is 0. The van der Waals surface area contributed by atoms with Crippen molar-refractivity contribution in [1.82, 2.24) is 18.9 Å². The van der Waals surface area contributed by atoms with Crippen LogP contribution in [0.3, 0.4) is 0 Å². The number of fused-ring (bicyclic) bond motifs is 13. The highest BCUT2D eigenvalue weighted by atomic mass is 32.1. The van der Waals surface area contributed by atoms with Gasteiger partial charge in [0.25, 0.3) is 0 Å². The molecule has 0 aliphatic carbocycles. The predicted molar refractivity (Wildman–Crippen MR) is 224 cm³/mol. The van der Waals surface area contributed by atoms with Crippen LogP contribution in [0.15, 0.2) is 170 Å². The molecular formula is C48H28N4S. The Labute approximate surface area is 307 Å². The second kappa shape index (κ2) is 10.8. The molecule has 4 aromatic heterocycles. The van der Waals surface area contributed by atoms with Crippen LogP contribution in [0.2, 0.25) is 0 Å². The minimum absolute atomic E-state index is 0.830. The highest BCUT2D eigenvalue weighted by molar-refractivity contribution is 7.25. The summed E-state index contributed by atoms with van der Waals surface area (Å²) in [4.78, 5) is 10.6. The number of benzene rings is 8. The molecule has 0 unspecified atom stereocenters. The van der Waals surface area contributed by atoms with Crippen molar-refractivity contribution in [3.8, 4) is 28.2 Å². The molecule has 0 bridgehead atoms. The molecule has 4 nitrogen and oxygen atoms in total. The van der Waals surface area contributed by atoms with Crippen LogP contribution < -0.4 is 0 Å². The standard InChI is InChI=1S/C48H28N4S/c1-2-12-29(13-3-1)30-22-24-44-37(26-30)38-27-31(23-25-45(38)53-44)36-28-39-33-15-7-10-20-42(33)51(46(39)34-16-5-4-14-32(34)36)48-50-40-18-8-6-17-35(40)47-49-41-19-9-11-21-43(41)52(47)48/h1-28H. The molecule has 12 rings (SSSR count). The molecule has 0 saturated heterocycles. The highest BCUT2D eigenvalue weighted by Crippen LogP contribution is 2.44. The van der Waals surface area contributed by atoms with E-state index < -0.39 is 0 Å². The van der Waals surface area contributed by atoms with Crippen molar-refractivity contribution in [2.75, 3.05) is 0 Å². The number of aromatic nitrogens is 4. The molecule has 0 atom stereocenters. The van der Waals surface area contributed by atoms with Crippen LogP contribution in [0.4, 0.5) is 0 Å². The number of para-hydroxylation sites is 4. The van der Waals surface area contributed by atoms with Crippen LogP contribution in [0, 0.1) is 0 Å². The molecular weight excluding hydrogens is 665 g/mol. The Morgan fingerprint density at radius 1 is 0.396 bits per heavy atom. The summed E-state index contributed by atoms with van der Waals surface area (Å²) in [6.07, 6.45) is 0. The molecule has 5 heteroatoms. The zero-order chi connectivity index (χ0) is 34.6. The van der Waals surface area contributed by atoms with Gasteiger partial charge in [-0.2, -0.15) is 0 Å². The summed E-state index contributed by atoms with van der Waals surface area (Å²) in [5, 5.41) is 8.41. The zero-order valence-corrected chi connectivity index (χ0v) is 29.2. The average molecular weight is 693 g/mol. The van der Waals surface area contributed by atoms with Gasteiger partial charge in [-0.3, -0.25) is 8.97 Å². The summed E-state index contributed by atoms with van der Waals surface area (Å²) in [5.74, 6) is 0.830. The first-order valence-electron chi connectivity index (χ1n) is 17.9. The molecule has 0 radical (unpaired) electrons. The van der Waals surface area contributed by atoms with E-state index >= 15 is 0 Å². The number of thiophene rings is 1. The topological polar surface area (TPSA) is 35.1 Å². The first kappa shape index (κ1) is 28.8. The van der Waals surface area contributed by atoms with E-state index in [2.05, 4.69) is 179 Å². The Morgan fingerprint density at radius 2 is 1.02 bits per heavy atom. The van der Waals surface area contributed by atoms with E-state index in [4.69, 9.17) is 9.97 Å². The van der Waals surface area contributed by atoms with Crippen molar-refractivity contribution >= 4 is 91.7 Å². The Kier molecular flexibility index (Phi) is 5.90. The summed E-state index contributed by atoms with van der Waals surface area (Å²) < 4.78 is 7.22. The van der Waals surface area contributed by atoms with Crippen LogP contribution in [0.25, 0.3) is 109 Å². The Hall–Kier alpha value is -6.82. The maximum absolute atomic E-state index is 5.43. The number of hydrogen-bond donors (Lipinski definition) is 0. The van der Waals surface area contributed by atoms with E-state index in [1.165, 1.54) is 64.0 Å². The van der Waals surface area contributed by atoms with E-state index in [1.807, 2.05) is 11.3 Å². The third kappa shape index (κ3) is 4.11. The molecule has 8 aromatic carbocycles. The van der Waals surface area contributed by atoms with Gasteiger partial charge in [-0.25, -0.2) is 9.97 Å². The lowest BCUT2D eigenvalue weighted by Gasteiger charge is -2.15. The van der Waals surface area contributed by atoms with Gasteiger partial charge in [-0.05, 0) is 88.3 Å². The Morgan fingerprint density at radius 3 is 1.83 bits per heavy atom. The van der Waals surface area contributed by atoms with Crippen LogP contribution in [0.1, 0.15) is 0 Å². The molecule has 246 valence electrons. The number of hydrogen-bond acceptors (Lipinski definition) is 3. The molecule has 0 aliphatic rings. The van der Waals surface area contributed by atoms with Crippen LogP contribution in [-0.4, -0.2) is 18.9 Å². The quantitative estimate of drug-likeness (QED) is 0.185. The van der Waals surface area contributed by atoms with Crippen molar-refractivity contribution in [1.29, 1.82) is 0 Å². The lowest BCUT2D eigenvalue weighted by Crippen LogP contribution is -2.06. The molecule has 53 heavy (non-hydrogen) atoms. The van der Waals surface area contributed by atoms with Gasteiger partial charge in [-0.15, -0.1) is 11.3 Å². The van der Waals surface area contributed by atoms with Gasteiger partial charge in [0.1, 0.15) is 5.65 Å². The van der Waals surface area contributed by atoms with Gasteiger partial charge < -0.3 is 0 Å². The number of nitrogens with zero attached hydrogens (tertiary/aromatic N) is 4. The minimum atomic E-state index is 0.830. The summed E-state index contributed by atoms with van der Waals surface area (Å²) in [5.41, 5.74) is 11.0. The van der Waals surface area contributed by atoms with Gasteiger partial charge in [0.2, 0.25) is 5.95 Å². The molecule has 0 aliphatic heterocycles. The zero-order valence-electron chi connectivity index (χ0n) is 28.4. The van der Waals surface area contributed by atoms with Crippen molar-refractivity contribution in [3.63, 3.8) is 0 Å². The average Bonchev–Trinajstić information content (AvgIpc) is 3.90. The fourth-order valence-electron chi connectivity index (χ4n) is 8.50. The lowest BCUT2D eigenvalue weighted by atomic mass is 9.94. The monoisotopic (exact) mass is 692 g/mol. The van der Waals surface area contributed by atoms with Gasteiger partial charge in [0, 0.05) is 41.7 Å². The second-order valence-electron chi connectivity index (χ2n) is 13.8. The van der Waals surface area contributed by atoms with E-state index in [0.717, 1.165) is 44.6 Å². The fraction of sp³-hybridized carbons (Fsp3) is 0. The molecule has 12 aromatic rings. The van der Waals surface area contributed by atoms with Crippen molar-refractivity contribution < 1.29 is 0 Å². The van der Waals surface area contributed by atoms with Gasteiger partial charge in [-0.1, -0.05) is 109 Å². The predicted octanol–water partition coefficient (Wildman–Crippen LogP) is 13.0. The van der Waals surface area contributed by atoms with E-state index in [0.29, 0.717) is 0 Å². The summed E-state index contributed by atoms with van der Waals surface area (Å²) >= 11 is 1.86. The molecule has 0 spiro atoms. The smallest absolute Gasteiger partial charge is 0.221 e. The maximum Gasteiger partial charge on any atom is 0.221 e. The molecule has 4 heterocycles. The summed E-state index contributed by atoms with van der Waals surface area (Å²) in [6, 6.07) is 61.3. The fourth-order valence-corrected chi connectivity index (χ4v) is 9.57. The van der Waals surface area contributed by atoms with Crippen LogP contribution in [0.5, 0.6) is 0 Å². The molecule has 0 amide bonds. The Bertz CT molecular complexity index is 3460. The second-order valence-corrected chi connectivity index (χ2v) is 14.9. The van der Waals surface area contributed by atoms with Crippen LogP contribution >= 0.6 is 11.3 Å². The van der Waals surface area contributed by atoms with Crippen molar-refractivity contribution in [3.05, 3.63) is 170 Å². The third-order valence-corrected chi connectivity index (χ3v) is 12.0. The maximum atomic E-state index is 5.43. The van der Waals surface area contributed by atoms with Crippen LogP contribution in [-0.2, 0) is 0 Å². The number of imidazole rings is 1.